The molecule has 0 spiro atoms. The van der Waals surface area contributed by atoms with E-state index in [9.17, 15) is 4.79 Å². The van der Waals surface area contributed by atoms with Crippen LogP contribution in [0.4, 0.5) is 0 Å². The molecular formula is C20H27N3O2S. The second-order valence-electron chi connectivity index (χ2n) is 7.71. The molecule has 0 bridgehead atoms. The summed E-state index contributed by atoms with van der Waals surface area (Å²) < 4.78 is 5.41. The van der Waals surface area contributed by atoms with Crippen molar-refractivity contribution in [2.24, 2.45) is 0 Å². The molecule has 6 heteroatoms. The zero-order valence-corrected chi connectivity index (χ0v) is 16.6. The van der Waals surface area contributed by atoms with E-state index >= 15 is 0 Å². The van der Waals surface area contributed by atoms with Crippen LogP contribution in [0.2, 0.25) is 0 Å². The van der Waals surface area contributed by atoms with Crippen molar-refractivity contribution in [2.45, 2.75) is 39.3 Å². The normalized spacial score (nSPS) is 15.8. The summed E-state index contributed by atoms with van der Waals surface area (Å²) in [6.07, 6.45) is 0.321. The predicted octanol–water partition coefficient (Wildman–Crippen LogP) is 3.10. The molecule has 1 amide bonds. The van der Waals surface area contributed by atoms with E-state index in [4.69, 9.17) is 4.74 Å². The summed E-state index contributed by atoms with van der Waals surface area (Å²) in [5.41, 5.74) is 3.00. The van der Waals surface area contributed by atoms with Gasteiger partial charge in [0.25, 0.3) is 0 Å². The molecule has 1 aromatic heterocycles. The molecule has 1 aromatic carbocycles. The third-order valence-corrected chi connectivity index (χ3v) is 5.03. The van der Waals surface area contributed by atoms with Crippen LogP contribution in [0.25, 0.3) is 10.6 Å². The van der Waals surface area contributed by atoms with Crippen molar-refractivity contribution >= 4 is 17.2 Å². The fourth-order valence-electron chi connectivity index (χ4n) is 2.97. The van der Waals surface area contributed by atoms with Gasteiger partial charge in [-0.25, -0.2) is 4.98 Å². The fraction of sp³-hybridized carbons (Fsp3) is 0.500. The zero-order valence-electron chi connectivity index (χ0n) is 15.7. The van der Waals surface area contributed by atoms with Crippen molar-refractivity contribution in [3.05, 3.63) is 40.9 Å². The first-order chi connectivity index (χ1) is 12.4. The van der Waals surface area contributed by atoms with Crippen molar-refractivity contribution in [3.8, 4) is 10.6 Å². The van der Waals surface area contributed by atoms with Crippen molar-refractivity contribution in [1.82, 2.24) is 15.2 Å². The van der Waals surface area contributed by atoms with Crippen LogP contribution in [-0.2, 0) is 22.5 Å². The van der Waals surface area contributed by atoms with Gasteiger partial charge in [0.1, 0.15) is 5.01 Å². The maximum absolute atomic E-state index is 12.1. The summed E-state index contributed by atoms with van der Waals surface area (Å²) in [5.74, 6) is 0.00965. The molecule has 2 aromatic rings. The number of hydrogen-bond donors (Lipinski definition) is 1. The Labute approximate surface area is 159 Å². The Morgan fingerprint density at radius 3 is 2.81 bits per heavy atom. The van der Waals surface area contributed by atoms with E-state index in [0.717, 1.165) is 49.1 Å². The quantitative estimate of drug-likeness (QED) is 0.875. The first-order valence-corrected chi connectivity index (χ1v) is 9.92. The highest BCUT2D eigenvalue weighted by molar-refractivity contribution is 7.13. The zero-order chi connectivity index (χ0) is 18.6. The lowest BCUT2D eigenvalue weighted by Crippen LogP contribution is -2.41. The number of amides is 1. The monoisotopic (exact) mass is 373 g/mol. The number of aromatic nitrogens is 1. The third kappa shape index (κ3) is 5.62. The molecule has 1 aliphatic rings. The van der Waals surface area contributed by atoms with E-state index in [2.05, 4.69) is 39.5 Å². The third-order valence-electron chi connectivity index (χ3n) is 4.09. The molecule has 0 unspecified atom stereocenters. The van der Waals surface area contributed by atoms with Crippen LogP contribution in [0.1, 0.15) is 32.0 Å². The van der Waals surface area contributed by atoms with Crippen molar-refractivity contribution in [1.29, 1.82) is 0 Å². The summed E-state index contributed by atoms with van der Waals surface area (Å²) in [4.78, 5) is 19.2. The van der Waals surface area contributed by atoms with E-state index in [-0.39, 0.29) is 11.4 Å². The van der Waals surface area contributed by atoms with Gasteiger partial charge in [-0.3, -0.25) is 9.69 Å². The Bertz CT molecular complexity index is 746. The Morgan fingerprint density at radius 1 is 1.31 bits per heavy atom. The molecule has 1 saturated heterocycles. The fourth-order valence-corrected chi connectivity index (χ4v) is 3.78. The van der Waals surface area contributed by atoms with Gasteiger partial charge in [-0.1, -0.05) is 18.2 Å². The first kappa shape index (κ1) is 19.0. The smallest absolute Gasteiger partial charge is 0.226 e. The number of morpholine rings is 1. The topological polar surface area (TPSA) is 54.5 Å². The predicted molar refractivity (Wildman–Crippen MR) is 105 cm³/mol. The molecule has 0 radical (unpaired) electrons. The molecule has 0 atom stereocenters. The number of nitrogens with one attached hydrogen (secondary N) is 1. The highest BCUT2D eigenvalue weighted by atomic mass is 32.1. The van der Waals surface area contributed by atoms with Gasteiger partial charge in [0.2, 0.25) is 5.91 Å². The first-order valence-electron chi connectivity index (χ1n) is 9.04. The Kier molecular flexibility index (Phi) is 6.06. The van der Waals surface area contributed by atoms with E-state index in [1.54, 1.807) is 11.3 Å². The van der Waals surface area contributed by atoms with Crippen LogP contribution in [0.3, 0.4) is 0 Å². The van der Waals surface area contributed by atoms with E-state index < -0.39 is 0 Å². The number of carbonyl (C=O) groups is 1. The Balaban J connectivity index is 1.65. The number of rotatable bonds is 5. The van der Waals surface area contributed by atoms with Gasteiger partial charge >= 0.3 is 0 Å². The van der Waals surface area contributed by atoms with Crippen LogP contribution in [0, 0.1) is 0 Å². The summed E-state index contributed by atoms with van der Waals surface area (Å²) in [7, 11) is 0. The number of carbonyl (C=O) groups excluding carboxylic acids is 1. The number of hydrogen-bond acceptors (Lipinski definition) is 5. The minimum Gasteiger partial charge on any atom is -0.379 e. The largest absolute Gasteiger partial charge is 0.379 e. The molecule has 1 N–H and O–H groups in total. The van der Waals surface area contributed by atoms with Gasteiger partial charge in [0.05, 0.1) is 25.3 Å². The lowest BCUT2D eigenvalue weighted by Gasteiger charge is -2.26. The SMILES string of the molecule is CC(C)(C)NC(=O)Cc1csc(-c2cccc(CN3CCOCC3)c2)n1. The molecule has 3 rings (SSSR count). The van der Waals surface area contributed by atoms with Crippen LogP contribution in [0.5, 0.6) is 0 Å². The van der Waals surface area contributed by atoms with Crippen molar-refractivity contribution in [3.63, 3.8) is 0 Å². The Morgan fingerprint density at radius 2 is 2.08 bits per heavy atom. The average Bonchev–Trinajstić information content (AvgIpc) is 3.02. The van der Waals surface area contributed by atoms with Gasteiger partial charge in [-0.15, -0.1) is 11.3 Å². The molecule has 0 saturated carbocycles. The molecular weight excluding hydrogens is 346 g/mol. The second-order valence-corrected chi connectivity index (χ2v) is 8.57. The van der Waals surface area contributed by atoms with E-state index in [1.165, 1.54) is 5.56 Å². The molecule has 5 nitrogen and oxygen atoms in total. The van der Waals surface area contributed by atoms with E-state index in [0.29, 0.717) is 6.42 Å². The van der Waals surface area contributed by atoms with Gasteiger partial charge < -0.3 is 10.1 Å². The summed E-state index contributed by atoms with van der Waals surface area (Å²) >= 11 is 1.59. The lowest BCUT2D eigenvalue weighted by molar-refractivity contribution is -0.121. The summed E-state index contributed by atoms with van der Waals surface area (Å²) in [5, 5.41) is 5.92. The number of ether oxygens (including phenoxy) is 1. The number of benzene rings is 1. The van der Waals surface area contributed by atoms with Gasteiger partial charge in [-0.05, 0) is 32.4 Å². The maximum atomic E-state index is 12.1. The van der Waals surface area contributed by atoms with Crippen LogP contribution in [0.15, 0.2) is 29.6 Å². The molecule has 0 aliphatic carbocycles. The maximum Gasteiger partial charge on any atom is 0.226 e. The highest BCUT2D eigenvalue weighted by Gasteiger charge is 2.16. The standard InChI is InChI=1S/C20H27N3O2S/c1-20(2,3)22-18(24)12-17-14-26-19(21-17)16-6-4-5-15(11-16)13-23-7-9-25-10-8-23/h4-6,11,14H,7-10,12-13H2,1-3H3,(H,22,24). The Hall–Kier alpha value is -1.76. The number of thiazole rings is 1. The molecule has 1 fully saturated rings. The summed E-state index contributed by atoms with van der Waals surface area (Å²) in [6.45, 7) is 10.5. The van der Waals surface area contributed by atoms with Crippen LogP contribution < -0.4 is 5.32 Å². The van der Waals surface area contributed by atoms with Crippen LogP contribution >= 0.6 is 11.3 Å². The summed E-state index contributed by atoms with van der Waals surface area (Å²) in [6, 6.07) is 8.52. The minimum absolute atomic E-state index is 0.00965. The number of nitrogens with zero attached hydrogens (tertiary/aromatic N) is 2. The molecule has 26 heavy (non-hydrogen) atoms. The molecule has 140 valence electrons. The van der Waals surface area contributed by atoms with Gasteiger partial charge in [-0.2, -0.15) is 0 Å². The molecule has 1 aliphatic heterocycles. The lowest BCUT2D eigenvalue weighted by atomic mass is 10.1. The van der Waals surface area contributed by atoms with Crippen molar-refractivity contribution < 1.29 is 9.53 Å². The van der Waals surface area contributed by atoms with E-state index in [1.807, 2.05) is 26.2 Å². The second kappa shape index (κ2) is 8.29. The average molecular weight is 374 g/mol. The van der Waals surface area contributed by atoms with Gasteiger partial charge in [0, 0.05) is 36.1 Å². The van der Waals surface area contributed by atoms with Gasteiger partial charge in [0.15, 0.2) is 0 Å². The van der Waals surface area contributed by atoms with Crippen LogP contribution in [-0.4, -0.2) is 47.6 Å². The molecule has 2 heterocycles. The highest BCUT2D eigenvalue weighted by Crippen LogP contribution is 2.25. The van der Waals surface area contributed by atoms with Crippen molar-refractivity contribution in [2.75, 3.05) is 26.3 Å². The minimum atomic E-state index is -0.218.